The summed E-state index contributed by atoms with van der Waals surface area (Å²) >= 11 is 0. The molecule has 0 saturated carbocycles. The van der Waals surface area contributed by atoms with Crippen LogP contribution in [0.4, 0.5) is 10.1 Å². The van der Waals surface area contributed by atoms with Gasteiger partial charge in [-0.15, -0.1) is 0 Å². The first-order valence-corrected chi connectivity index (χ1v) is 7.72. The lowest BCUT2D eigenvalue weighted by Gasteiger charge is -2.13. The summed E-state index contributed by atoms with van der Waals surface area (Å²) in [7, 11) is -1.00. The molecule has 0 bridgehead atoms. The number of halogens is 1. The van der Waals surface area contributed by atoms with Gasteiger partial charge in [0.05, 0.1) is 11.3 Å². The molecule has 0 spiro atoms. The maximum Gasteiger partial charge on any atom is 0.253 e. The maximum atomic E-state index is 13.6. The number of amides is 1. The van der Waals surface area contributed by atoms with Crippen molar-refractivity contribution in [1.29, 1.82) is 0 Å². The van der Waals surface area contributed by atoms with Gasteiger partial charge in [-0.2, -0.15) is 0 Å². The number of hydrogen-bond donors (Lipinski definition) is 2. The Kier molecular flexibility index (Phi) is 5.95. The van der Waals surface area contributed by atoms with E-state index in [9.17, 15) is 13.4 Å². The van der Waals surface area contributed by atoms with E-state index >= 15 is 0 Å². The molecule has 0 aliphatic heterocycles. The van der Waals surface area contributed by atoms with Gasteiger partial charge >= 0.3 is 0 Å². The first-order chi connectivity index (χ1) is 8.97. The molecule has 4 nitrogen and oxygen atoms in total. The van der Waals surface area contributed by atoms with E-state index in [4.69, 9.17) is 0 Å². The second-order valence-electron chi connectivity index (χ2n) is 4.21. The second kappa shape index (κ2) is 7.23. The zero-order valence-corrected chi connectivity index (χ0v) is 12.1. The van der Waals surface area contributed by atoms with Crippen molar-refractivity contribution in [1.82, 2.24) is 5.32 Å². The van der Waals surface area contributed by atoms with Crippen molar-refractivity contribution in [2.24, 2.45) is 0 Å². The quantitative estimate of drug-likeness (QED) is 0.837. The summed E-state index contributed by atoms with van der Waals surface area (Å²) in [6.45, 7) is 4.43. The van der Waals surface area contributed by atoms with Gasteiger partial charge in [0.1, 0.15) is 5.82 Å². The van der Waals surface area contributed by atoms with E-state index in [1.165, 1.54) is 12.1 Å². The Morgan fingerprint density at radius 2 is 2.16 bits per heavy atom. The average molecular weight is 286 g/mol. The van der Waals surface area contributed by atoms with Gasteiger partial charge in [0, 0.05) is 35.4 Å². The summed E-state index contributed by atoms with van der Waals surface area (Å²) in [6, 6.07) is 4.36. The van der Waals surface area contributed by atoms with E-state index in [0.29, 0.717) is 13.1 Å². The molecule has 0 aliphatic rings. The molecule has 6 heteroatoms. The van der Waals surface area contributed by atoms with Crippen LogP contribution in [0.2, 0.25) is 0 Å². The molecule has 1 rings (SSSR count). The SMILES string of the molecule is CCNc1c(F)cccc1C(=O)NCC(C)S(C)=O. The zero-order valence-electron chi connectivity index (χ0n) is 11.3. The number of carbonyl (C=O) groups excluding carboxylic acids is 1. The van der Waals surface area contributed by atoms with Crippen LogP contribution in [0, 0.1) is 5.82 Å². The topological polar surface area (TPSA) is 58.2 Å². The molecule has 0 fully saturated rings. The van der Waals surface area contributed by atoms with E-state index in [0.717, 1.165) is 0 Å². The van der Waals surface area contributed by atoms with E-state index in [1.54, 1.807) is 19.2 Å². The number of hydrogen-bond acceptors (Lipinski definition) is 3. The van der Waals surface area contributed by atoms with Gasteiger partial charge in [0.15, 0.2) is 0 Å². The lowest BCUT2D eigenvalue weighted by molar-refractivity contribution is 0.0954. The van der Waals surface area contributed by atoms with Crippen molar-refractivity contribution >= 4 is 22.4 Å². The highest BCUT2D eigenvalue weighted by Crippen LogP contribution is 2.19. The molecular formula is C13H19FN2O2S. The van der Waals surface area contributed by atoms with Crippen molar-refractivity contribution in [3.8, 4) is 0 Å². The number of benzene rings is 1. The smallest absolute Gasteiger partial charge is 0.253 e. The standard InChI is InChI=1S/C13H19FN2O2S/c1-4-15-12-10(6-5-7-11(12)14)13(17)16-8-9(2)19(3)18/h5-7,9,15H,4,8H2,1-3H3,(H,16,17). The monoisotopic (exact) mass is 286 g/mol. The molecule has 0 heterocycles. The molecule has 0 saturated heterocycles. The van der Waals surface area contributed by atoms with Crippen LogP contribution in [0.1, 0.15) is 24.2 Å². The number of carbonyl (C=O) groups is 1. The minimum atomic E-state index is -1.00. The Morgan fingerprint density at radius 3 is 2.74 bits per heavy atom. The fourth-order valence-electron chi connectivity index (χ4n) is 1.52. The van der Waals surface area contributed by atoms with Crippen molar-refractivity contribution in [3.63, 3.8) is 0 Å². The van der Waals surface area contributed by atoms with E-state index in [2.05, 4.69) is 10.6 Å². The highest BCUT2D eigenvalue weighted by Gasteiger charge is 2.15. The predicted octanol–water partition coefficient (Wildman–Crippen LogP) is 1.75. The van der Waals surface area contributed by atoms with Crippen LogP contribution in [-0.2, 0) is 10.8 Å². The summed E-state index contributed by atoms with van der Waals surface area (Å²) < 4.78 is 24.8. The molecule has 2 N–H and O–H groups in total. The van der Waals surface area contributed by atoms with Crippen LogP contribution in [0.5, 0.6) is 0 Å². The van der Waals surface area contributed by atoms with Crippen LogP contribution >= 0.6 is 0 Å². The molecule has 19 heavy (non-hydrogen) atoms. The molecule has 0 aromatic heterocycles. The first kappa shape index (κ1) is 15.6. The Labute approximate surface area is 115 Å². The van der Waals surface area contributed by atoms with Crippen molar-refractivity contribution < 1.29 is 13.4 Å². The Hall–Kier alpha value is -1.43. The molecule has 0 radical (unpaired) electrons. The highest BCUT2D eigenvalue weighted by molar-refractivity contribution is 7.84. The average Bonchev–Trinajstić information content (AvgIpc) is 2.37. The van der Waals surface area contributed by atoms with Crippen LogP contribution in [0.25, 0.3) is 0 Å². The van der Waals surface area contributed by atoms with Gasteiger partial charge in [0.2, 0.25) is 0 Å². The molecule has 2 atom stereocenters. The largest absolute Gasteiger partial charge is 0.382 e. The van der Waals surface area contributed by atoms with Crippen molar-refractivity contribution in [2.75, 3.05) is 24.7 Å². The fraction of sp³-hybridized carbons (Fsp3) is 0.462. The van der Waals surface area contributed by atoms with Crippen LogP contribution in [0.15, 0.2) is 18.2 Å². The van der Waals surface area contributed by atoms with Gasteiger partial charge in [-0.05, 0) is 26.0 Å². The Balaban J connectivity index is 2.82. The summed E-state index contributed by atoms with van der Waals surface area (Å²) in [5.74, 6) is -0.825. The molecule has 1 aromatic carbocycles. The highest BCUT2D eigenvalue weighted by atomic mass is 32.2. The molecule has 1 aromatic rings. The minimum absolute atomic E-state index is 0.139. The van der Waals surface area contributed by atoms with E-state index in [-0.39, 0.29) is 22.4 Å². The van der Waals surface area contributed by atoms with Crippen LogP contribution in [-0.4, -0.2) is 34.7 Å². The zero-order chi connectivity index (χ0) is 14.4. The third-order valence-electron chi connectivity index (χ3n) is 2.73. The minimum Gasteiger partial charge on any atom is -0.382 e. The lowest BCUT2D eigenvalue weighted by Crippen LogP contribution is -2.33. The maximum absolute atomic E-state index is 13.6. The van der Waals surface area contributed by atoms with E-state index in [1.807, 2.05) is 6.92 Å². The van der Waals surface area contributed by atoms with Gasteiger partial charge < -0.3 is 10.6 Å². The van der Waals surface area contributed by atoms with Crippen LogP contribution < -0.4 is 10.6 Å². The Morgan fingerprint density at radius 1 is 1.47 bits per heavy atom. The predicted molar refractivity (Wildman–Crippen MR) is 76.4 cm³/mol. The number of rotatable bonds is 6. The first-order valence-electron chi connectivity index (χ1n) is 6.10. The van der Waals surface area contributed by atoms with Crippen molar-refractivity contribution in [3.05, 3.63) is 29.6 Å². The normalized spacial score (nSPS) is 13.7. The second-order valence-corrected chi connectivity index (χ2v) is 6.01. The number of para-hydroxylation sites is 1. The molecule has 2 unspecified atom stereocenters. The van der Waals surface area contributed by atoms with E-state index < -0.39 is 16.6 Å². The van der Waals surface area contributed by atoms with Gasteiger partial charge in [0.25, 0.3) is 5.91 Å². The third-order valence-corrected chi connectivity index (χ3v) is 4.03. The van der Waals surface area contributed by atoms with Gasteiger partial charge in [-0.3, -0.25) is 9.00 Å². The lowest BCUT2D eigenvalue weighted by atomic mass is 10.1. The third kappa shape index (κ3) is 4.31. The summed E-state index contributed by atoms with van der Waals surface area (Å²) in [5, 5.41) is 5.37. The number of nitrogens with one attached hydrogen (secondary N) is 2. The summed E-state index contributed by atoms with van der Waals surface area (Å²) in [6.07, 6.45) is 1.59. The Bertz CT molecular complexity index is 480. The fourth-order valence-corrected chi connectivity index (χ4v) is 1.84. The van der Waals surface area contributed by atoms with Crippen LogP contribution in [0.3, 0.4) is 0 Å². The van der Waals surface area contributed by atoms with Gasteiger partial charge in [-0.25, -0.2) is 4.39 Å². The summed E-state index contributed by atoms with van der Waals surface area (Å²) in [4.78, 5) is 12.0. The van der Waals surface area contributed by atoms with Gasteiger partial charge in [-0.1, -0.05) is 6.07 Å². The van der Waals surface area contributed by atoms with Crippen molar-refractivity contribution in [2.45, 2.75) is 19.1 Å². The molecule has 106 valence electrons. The molecule has 0 aliphatic carbocycles. The molecular weight excluding hydrogens is 267 g/mol. The summed E-state index contributed by atoms with van der Waals surface area (Å²) in [5.41, 5.74) is 0.462. The number of anilines is 1. The molecule has 1 amide bonds.